The van der Waals surface area contributed by atoms with Gasteiger partial charge in [0.25, 0.3) is 0 Å². The molecule has 0 aromatic heterocycles. The number of halogens is 2. The molecular formula is C16H17Cl2N2+. The summed E-state index contributed by atoms with van der Waals surface area (Å²) < 4.78 is 0. The zero-order chi connectivity index (χ0) is 14.3. The molecule has 0 fully saturated rings. The van der Waals surface area contributed by atoms with Crippen LogP contribution in [0.2, 0.25) is 10.0 Å². The first-order valence-electron chi connectivity index (χ1n) is 6.63. The van der Waals surface area contributed by atoms with Crippen molar-refractivity contribution in [3.05, 3.63) is 63.1 Å². The Kier molecular flexibility index (Phi) is 3.74. The Morgan fingerprint density at radius 2 is 1.90 bits per heavy atom. The van der Waals surface area contributed by atoms with E-state index in [4.69, 9.17) is 23.2 Å². The van der Waals surface area contributed by atoms with E-state index in [-0.39, 0.29) is 5.92 Å². The van der Waals surface area contributed by atoms with Crippen LogP contribution in [0.3, 0.4) is 0 Å². The molecule has 2 nitrogen and oxygen atoms in total. The number of fused-ring (bicyclic) bond motifs is 1. The van der Waals surface area contributed by atoms with Gasteiger partial charge in [0.05, 0.1) is 0 Å². The van der Waals surface area contributed by atoms with Crippen LogP contribution in [0.25, 0.3) is 0 Å². The predicted octanol–water partition coefficient (Wildman–Crippen LogP) is 3.44. The van der Waals surface area contributed by atoms with Crippen LogP contribution in [0.15, 0.2) is 36.4 Å². The van der Waals surface area contributed by atoms with Crippen molar-refractivity contribution in [3.8, 4) is 0 Å². The first kappa shape index (κ1) is 13.9. The summed E-state index contributed by atoms with van der Waals surface area (Å²) in [5, 5.41) is 1.45. The number of quaternary nitrogens is 1. The van der Waals surface area contributed by atoms with Gasteiger partial charge in [0, 0.05) is 34.6 Å². The number of nitrogens with zero attached hydrogens (tertiary/aromatic N) is 1. The van der Waals surface area contributed by atoms with Crippen LogP contribution in [-0.4, -0.2) is 18.5 Å². The molecule has 0 aliphatic carbocycles. The maximum absolute atomic E-state index is 6.38. The molecule has 0 saturated heterocycles. The van der Waals surface area contributed by atoms with Crippen LogP contribution >= 0.6 is 23.2 Å². The highest BCUT2D eigenvalue weighted by Crippen LogP contribution is 2.39. The van der Waals surface area contributed by atoms with Gasteiger partial charge in [-0.2, -0.15) is 0 Å². The van der Waals surface area contributed by atoms with Gasteiger partial charge in [-0.1, -0.05) is 41.4 Å². The fraction of sp³-hybridized carbons (Fsp3) is 0.250. The average molecular weight is 308 g/mol. The van der Waals surface area contributed by atoms with Crippen molar-refractivity contribution in [2.24, 2.45) is 0 Å². The van der Waals surface area contributed by atoms with Crippen molar-refractivity contribution in [3.63, 3.8) is 0 Å². The minimum Gasteiger partial charge on any atom is -0.325 e. The molecule has 2 aromatic carbocycles. The monoisotopic (exact) mass is 307 g/mol. The molecular weight excluding hydrogens is 291 g/mol. The van der Waals surface area contributed by atoms with E-state index in [2.05, 4.69) is 35.9 Å². The van der Waals surface area contributed by atoms with Gasteiger partial charge in [-0.25, -0.2) is 0 Å². The zero-order valence-corrected chi connectivity index (χ0v) is 12.9. The van der Waals surface area contributed by atoms with E-state index in [1.807, 2.05) is 18.2 Å². The highest BCUT2D eigenvalue weighted by Gasteiger charge is 2.28. The zero-order valence-electron chi connectivity index (χ0n) is 11.4. The minimum atomic E-state index is 0.272. The molecule has 1 heterocycles. The lowest BCUT2D eigenvalue weighted by atomic mass is 9.84. The minimum absolute atomic E-state index is 0.272. The molecule has 0 spiro atoms. The maximum Gasteiger partial charge on any atom is 0.131 e. The summed E-state index contributed by atoms with van der Waals surface area (Å²) in [5.41, 5.74) is 8.88. The molecule has 104 valence electrons. The summed E-state index contributed by atoms with van der Waals surface area (Å²) in [6.45, 7) is 1.82. The second-order valence-electron chi connectivity index (χ2n) is 5.40. The summed E-state index contributed by atoms with van der Waals surface area (Å²) >= 11 is 12.6. The Balaban J connectivity index is 2.18. The van der Waals surface area contributed by atoms with Crippen LogP contribution in [0.1, 0.15) is 22.6 Å². The average Bonchev–Trinajstić information content (AvgIpc) is 2.40. The Morgan fingerprint density at radius 1 is 1.15 bits per heavy atom. The number of hydrogen-bond acceptors (Lipinski definition) is 1. The fourth-order valence-corrected chi connectivity index (χ4v) is 3.55. The topological polar surface area (TPSA) is 30.9 Å². The van der Waals surface area contributed by atoms with Gasteiger partial charge in [-0.05, 0) is 36.4 Å². The van der Waals surface area contributed by atoms with Gasteiger partial charge in [-0.3, -0.25) is 0 Å². The third kappa shape index (κ3) is 2.45. The van der Waals surface area contributed by atoms with Gasteiger partial charge in [0.15, 0.2) is 0 Å². The third-order valence-electron chi connectivity index (χ3n) is 3.92. The third-order valence-corrected chi connectivity index (χ3v) is 4.48. The quantitative estimate of drug-likeness (QED) is 0.859. The summed E-state index contributed by atoms with van der Waals surface area (Å²) in [5.74, 6) is 0.272. The standard InChI is InChI=1S/C16H16Cl2N2/c1-20-8-13(11-4-2-3-5-16(11)19)12-6-10(17)7-15(18)14(12)9-20/h2-7,13H,8-9,19H2,1H3/p+1. The Labute approximate surface area is 129 Å². The van der Waals surface area contributed by atoms with Crippen molar-refractivity contribution < 1.29 is 5.73 Å². The smallest absolute Gasteiger partial charge is 0.131 e. The molecule has 3 N–H and O–H groups in total. The van der Waals surface area contributed by atoms with Crippen molar-refractivity contribution >= 4 is 28.9 Å². The van der Waals surface area contributed by atoms with Gasteiger partial charge >= 0.3 is 0 Å². The summed E-state index contributed by atoms with van der Waals surface area (Å²) in [6.07, 6.45) is 0. The van der Waals surface area contributed by atoms with E-state index >= 15 is 0 Å². The lowest BCUT2D eigenvalue weighted by Gasteiger charge is -2.33. The maximum atomic E-state index is 6.38. The van der Waals surface area contributed by atoms with Crippen LogP contribution in [0, 0.1) is 0 Å². The van der Waals surface area contributed by atoms with Crippen LogP contribution < -0.4 is 5.73 Å². The van der Waals surface area contributed by atoms with Crippen molar-refractivity contribution in [2.75, 3.05) is 13.6 Å². The molecule has 0 amide bonds. The second kappa shape index (κ2) is 5.38. The molecule has 1 unspecified atom stereocenters. The molecule has 20 heavy (non-hydrogen) atoms. The Bertz CT molecular complexity index is 655. The summed E-state index contributed by atoms with van der Waals surface area (Å²) in [6, 6.07) is 12.1. The SMILES string of the molecule is CN1Cc2c(Cl)cc(Cl)cc2C(c2ccccc2[NH3+])C1. The largest absolute Gasteiger partial charge is 0.325 e. The number of likely N-dealkylation sites (N-methyl/N-ethyl adjacent to an activating group) is 1. The summed E-state index contributed by atoms with van der Waals surface area (Å²) in [4.78, 5) is 2.29. The second-order valence-corrected chi connectivity index (χ2v) is 6.25. The lowest BCUT2D eigenvalue weighted by Crippen LogP contribution is -2.43. The van der Waals surface area contributed by atoms with Crippen LogP contribution in [-0.2, 0) is 6.54 Å². The van der Waals surface area contributed by atoms with E-state index in [1.54, 1.807) is 0 Å². The number of hydrogen-bond donors (Lipinski definition) is 1. The first-order chi connectivity index (χ1) is 9.56. The van der Waals surface area contributed by atoms with E-state index in [0.29, 0.717) is 5.02 Å². The highest BCUT2D eigenvalue weighted by atomic mass is 35.5. The van der Waals surface area contributed by atoms with Crippen LogP contribution in [0.5, 0.6) is 0 Å². The lowest BCUT2D eigenvalue weighted by molar-refractivity contribution is -0.256. The number of benzene rings is 2. The van der Waals surface area contributed by atoms with Crippen molar-refractivity contribution in [1.29, 1.82) is 0 Å². The molecule has 1 atom stereocenters. The normalized spacial score (nSPS) is 18.9. The van der Waals surface area contributed by atoms with E-state index in [0.717, 1.165) is 23.8 Å². The van der Waals surface area contributed by atoms with Gasteiger partial charge in [0.1, 0.15) is 5.69 Å². The highest BCUT2D eigenvalue weighted by molar-refractivity contribution is 6.35. The molecule has 3 rings (SSSR count). The predicted molar refractivity (Wildman–Crippen MR) is 83.6 cm³/mol. The molecule has 0 radical (unpaired) electrons. The Hall–Kier alpha value is -1.06. The van der Waals surface area contributed by atoms with Crippen molar-refractivity contribution in [2.45, 2.75) is 12.5 Å². The van der Waals surface area contributed by atoms with E-state index < -0.39 is 0 Å². The van der Waals surface area contributed by atoms with E-state index in [9.17, 15) is 0 Å². The first-order valence-corrected chi connectivity index (χ1v) is 7.39. The molecule has 1 aliphatic heterocycles. The molecule has 1 aliphatic rings. The number of rotatable bonds is 1. The molecule has 2 aromatic rings. The Morgan fingerprint density at radius 3 is 2.65 bits per heavy atom. The summed E-state index contributed by atoms with van der Waals surface area (Å²) in [7, 11) is 2.12. The molecule has 0 saturated carbocycles. The van der Waals surface area contributed by atoms with Crippen molar-refractivity contribution in [1.82, 2.24) is 4.90 Å². The molecule has 4 heteroatoms. The van der Waals surface area contributed by atoms with Gasteiger partial charge in [-0.15, -0.1) is 0 Å². The van der Waals surface area contributed by atoms with Crippen LogP contribution in [0.4, 0.5) is 5.69 Å². The van der Waals surface area contributed by atoms with Gasteiger partial charge in [0.2, 0.25) is 0 Å². The fourth-order valence-electron chi connectivity index (χ4n) is 2.99. The van der Waals surface area contributed by atoms with Gasteiger partial charge < -0.3 is 10.6 Å². The molecule has 0 bridgehead atoms. The van der Waals surface area contributed by atoms with E-state index in [1.165, 1.54) is 16.7 Å².